The van der Waals surface area contributed by atoms with Crippen LogP contribution in [0, 0.1) is 0 Å². The third-order valence-electron chi connectivity index (χ3n) is 5.50. The zero-order valence-electron chi connectivity index (χ0n) is 18.5. The average molecular weight is 713 g/mol. The summed E-state index contributed by atoms with van der Waals surface area (Å²) in [7, 11) is -9.73. The van der Waals surface area contributed by atoms with E-state index in [0.717, 1.165) is 24.3 Å². The van der Waals surface area contributed by atoms with E-state index >= 15 is 0 Å². The quantitative estimate of drug-likeness (QED) is 0.169. The smallest absolute Gasteiger partial charge is 0.358 e. The predicted molar refractivity (Wildman–Crippen MR) is 144 cm³/mol. The van der Waals surface area contributed by atoms with Crippen LogP contribution in [0.5, 0.6) is 23.5 Å². The Hall–Kier alpha value is -2.56. The van der Waals surface area contributed by atoms with Crippen LogP contribution < -0.4 is 8.57 Å². The second-order valence-electron chi connectivity index (χ2n) is 7.83. The second kappa shape index (κ2) is 9.49. The molecule has 20 heteroatoms. The van der Waals surface area contributed by atoms with Crippen molar-refractivity contribution in [3.8, 4) is 45.8 Å². The standard InChI is InChI=1S/C20H8Cl6N2O10S2/c21-5-1-9(25)11(3-7(5)23)39(33,34)37-27-17(29)13-14(18(27)30)16-15(13)19(31)28(20(16)32)38-40(35,36)12-4-8(24)6(22)2-10(12)26/h1-4,29-32H. The van der Waals surface area contributed by atoms with Crippen LogP contribution in [0.3, 0.4) is 0 Å². The topological polar surface area (TPSA) is 178 Å². The molecule has 4 N–H and O–H groups in total. The molecule has 0 atom stereocenters. The van der Waals surface area contributed by atoms with Crippen molar-refractivity contribution < 1.29 is 45.8 Å². The van der Waals surface area contributed by atoms with Crippen molar-refractivity contribution in [2.45, 2.75) is 9.79 Å². The molecule has 0 spiro atoms. The number of rotatable bonds is 6. The maximum atomic E-state index is 12.8. The predicted octanol–water partition coefficient (Wildman–Crippen LogP) is 5.31. The number of halogens is 6. The highest BCUT2D eigenvalue weighted by Crippen LogP contribution is 2.64. The molecule has 0 bridgehead atoms. The van der Waals surface area contributed by atoms with Crippen molar-refractivity contribution in [2.75, 3.05) is 0 Å². The first kappa shape index (κ1) is 29.0. The van der Waals surface area contributed by atoms with Gasteiger partial charge >= 0.3 is 20.2 Å². The van der Waals surface area contributed by atoms with Gasteiger partial charge in [0.15, 0.2) is 0 Å². The van der Waals surface area contributed by atoms with E-state index in [-0.39, 0.29) is 29.6 Å². The molecule has 1 aliphatic carbocycles. The van der Waals surface area contributed by atoms with E-state index in [1.54, 1.807) is 0 Å². The van der Waals surface area contributed by atoms with Crippen LogP contribution in [0.4, 0.5) is 0 Å². The van der Waals surface area contributed by atoms with Crippen molar-refractivity contribution in [2.24, 2.45) is 0 Å². The van der Waals surface area contributed by atoms with Crippen LogP contribution in [0.1, 0.15) is 0 Å². The van der Waals surface area contributed by atoms with E-state index in [2.05, 4.69) is 0 Å². The maximum Gasteiger partial charge on any atom is 0.358 e. The van der Waals surface area contributed by atoms with E-state index in [9.17, 15) is 37.3 Å². The first-order valence-corrected chi connectivity index (χ1v) is 15.1. The molecule has 2 heterocycles. The van der Waals surface area contributed by atoms with E-state index in [1.807, 2.05) is 0 Å². The van der Waals surface area contributed by atoms with Crippen LogP contribution in [0.15, 0.2) is 34.1 Å². The van der Waals surface area contributed by atoms with Gasteiger partial charge in [0.1, 0.15) is 9.79 Å². The monoisotopic (exact) mass is 710 g/mol. The van der Waals surface area contributed by atoms with Gasteiger partial charge in [0, 0.05) is 0 Å². The fraction of sp³-hybridized carbons (Fsp3) is 0. The Morgan fingerprint density at radius 3 is 1.00 bits per heavy atom. The summed E-state index contributed by atoms with van der Waals surface area (Å²) in [5.74, 6) is -4.27. The van der Waals surface area contributed by atoms with Gasteiger partial charge < -0.3 is 20.4 Å². The summed E-state index contributed by atoms with van der Waals surface area (Å²) in [5, 5.41) is 41.2. The minimum atomic E-state index is -4.87. The fourth-order valence-corrected chi connectivity index (χ4v) is 7.49. The highest BCUT2D eigenvalue weighted by molar-refractivity contribution is 7.87. The molecule has 2 aromatic carbocycles. The summed E-state index contributed by atoms with van der Waals surface area (Å²) in [6.07, 6.45) is 0. The number of nitrogens with zero attached hydrogens (tertiary/aromatic N) is 2. The van der Waals surface area contributed by atoms with Crippen molar-refractivity contribution in [3.63, 3.8) is 0 Å². The molecule has 0 radical (unpaired) electrons. The zero-order valence-corrected chi connectivity index (χ0v) is 24.7. The summed E-state index contributed by atoms with van der Waals surface area (Å²) >= 11 is 35.2. The molecule has 0 saturated carbocycles. The van der Waals surface area contributed by atoms with E-state index in [1.165, 1.54) is 0 Å². The molecule has 5 rings (SSSR count). The zero-order chi connectivity index (χ0) is 29.6. The third kappa shape index (κ3) is 4.25. The normalized spacial score (nSPS) is 12.6. The lowest BCUT2D eigenvalue weighted by atomic mass is 9.86. The Balaban J connectivity index is 1.54. The number of benzene rings is 2. The summed E-state index contributed by atoms with van der Waals surface area (Å²) in [5.41, 5.74) is -1.71. The number of aromatic nitrogens is 2. The van der Waals surface area contributed by atoms with E-state index in [4.69, 9.17) is 78.2 Å². The van der Waals surface area contributed by atoms with Gasteiger partial charge in [0.2, 0.25) is 23.5 Å². The molecule has 0 amide bonds. The summed E-state index contributed by atoms with van der Waals surface area (Å²) in [6.45, 7) is 0. The Morgan fingerprint density at radius 2 is 0.725 bits per heavy atom. The summed E-state index contributed by atoms with van der Waals surface area (Å²) < 4.78 is 61.1. The maximum absolute atomic E-state index is 12.8. The molecular formula is C20H8Cl6N2O10S2. The Bertz CT molecular complexity index is 1800. The van der Waals surface area contributed by atoms with Crippen molar-refractivity contribution >= 4 is 89.8 Å². The van der Waals surface area contributed by atoms with Crippen LogP contribution >= 0.6 is 69.6 Å². The molecule has 40 heavy (non-hydrogen) atoms. The number of hydrogen-bond acceptors (Lipinski definition) is 10. The molecule has 0 fully saturated rings. The van der Waals surface area contributed by atoms with Crippen LogP contribution in [0.2, 0.25) is 30.1 Å². The molecule has 212 valence electrons. The van der Waals surface area contributed by atoms with Gasteiger partial charge in [-0.1, -0.05) is 79.1 Å². The van der Waals surface area contributed by atoms with Crippen molar-refractivity contribution in [1.82, 2.24) is 9.46 Å². The van der Waals surface area contributed by atoms with Gasteiger partial charge in [-0.05, 0) is 24.3 Å². The highest BCUT2D eigenvalue weighted by Gasteiger charge is 2.46. The van der Waals surface area contributed by atoms with Gasteiger partial charge in [0.05, 0.1) is 52.4 Å². The van der Waals surface area contributed by atoms with Gasteiger partial charge in [-0.15, -0.1) is 0 Å². The average Bonchev–Trinajstić information content (AvgIpc) is 3.13. The lowest BCUT2D eigenvalue weighted by Crippen LogP contribution is -2.20. The molecule has 4 aromatic rings. The first-order chi connectivity index (χ1) is 18.5. The SMILES string of the molecule is O=S(=O)(On1c(O)c2c(c1O)-c1c-2c(O)n(OS(=O)(=O)c2cc(Cl)c(Cl)cc2Cl)c1O)c1cc(Cl)c(Cl)cc1Cl. The molecule has 1 aliphatic rings. The van der Waals surface area contributed by atoms with Crippen molar-refractivity contribution in [1.29, 1.82) is 0 Å². The highest BCUT2D eigenvalue weighted by atomic mass is 35.5. The van der Waals surface area contributed by atoms with E-state index < -0.39 is 85.8 Å². The number of aromatic hydroxyl groups is 4. The molecule has 0 aliphatic heterocycles. The Labute approximate surface area is 253 Å². The largest absolute Gasteiger partial charge is 0.492 e. The second-order valence-corrected chi connectivity index (χ2v) is 13.3. The fourth-order valence-electron chi connectivity index (χ4n) is 3.75. The number of fused-ring (bicyclic) bond motifs is 4. The first-order valence-electron chi connectivity index (χ1n) is 10.0. The van der Waals surface area contributed by atoms with Crippen LogP contribution in [-0.4, -0.2) is 46.7 Å². The summed E-state index contributed by atoms with van der Waals surface area (Å²) in [6, 6.07) is 3.79. The Kier molecular flexibility index (Phi) is 6.87. The van der Waals surface area contributed by atoms with Gasteiger partial charge in [-0.2, -0.15) is 16.8 Å². The minimum Gasteiger partial charge on any atom is -0.492 e. The summed E-state index contributed by atoms with van der Waals surface area (Å²) in [4.78, 5) is -1.35. The Morgan fingerprint density at radius 1 is 0.475 bits per heavy atom. The lowest BCUT2D eigenvalue weighted by molar-refractivity contribution is 0.201. The van der Waals surface area contributed by atoms with E-state index in [0.29, 0.717) is 0 Å². The number of hydrogen-bond donors (Lipinski definition) is 4. The minimum absolute atomic E-state index is 0.0624. The van der Waals surface area contributed by atoms with Gasteiger partial charge in [-0.25, -0.2) is 0 Å². The molecule has 0 unspecified atom stereocenters. The lowest BCUT2D eigenvalue weighted by Gasteiger charge is -2.13. The third-order valence-corrected chi connectivity index (χ3v) is 10.2. The molecule has 2 aromatic heterocycles. The van der Waals surface area contributed by atoms with Gasteiger partial charge in [-0.3, -0.25) is 8.57 Å². The van der Waals surface area contributed by atoms with Gasteiger partial charge in [0.25, 0.3) is 0 Å². The van der Waals surface area contributed by atoms with Crippen LogP contribution in [0.25, 0.3) is 22.3 Å². The van der Waals surface area contributed by atoms with Crippen molar-refractivity contribution in [3.05, 3.63) is 54.4 Å². The van der Waals surface area contributed by atoms with Crippen LogP contribution in [-0.2, 0) is 20.2 Å². The molecule has 12 nitrogen and oxygen atoms in total. The molecular weight excluding hydrogens is 705 g/mol. The molecule has 0 saturated heterocycles.